The predicted octanol–water partition coefficient (Wildman–Crippen LogP) is 0.908. The van der Waals surface area contributed by atoms with Crippen molar-refractivity contribution in [1.82, 2.24) is 24.9 Å². The molecule has 2 aliphatic rings. The lowest BCUT2D eigenvalue weighted by molar-refractivity contribution is -0.135. The fraction of sp³-hybridized carbons (Fsp3) is 0.381. The lowest BCUT2D eigenvalue weighted by atomic mass is 9.85. The van der Waals surface area contributed by atoms with Gasteiger partial charge >= 0.3 is 6.03 Å². The van der Waals surface area contributed by atoms with Crippen molar-refractivity contribution in [3.63, 3.8) is 0 Å². The fourth-order valence-corrected chi connectivity index (χ4v) is 4.21. The molecule has 0 unspecified atom stereocenters. The second kappa shape index (κ2) is 8.19. The number of hydrogen-bond donors (Lipinski definition) is 1. The molecular weight excluding hydrogens is 386 g/mol. The lowest BCUT2D eigenvalue weighted by Gasteiger charge is -2.42. The number of hydrogen-bond acceptors (Lipinski definition) is 6. The lowest BCUT2D eigenvalue weighted by Crippen LogP contribution is -2.57. The number of aliphatic hydroxyl groups is 1. The third-order valence-corrected chi connectivity index (χ3v) is 5.80. The van der Waals surface area contributed by atoms with E-state index in [9.17, 15) is 19.5 Å². The summed E-state index contributed by atoms with van der Waals surface area (Å²) in [6.45, 7) is 0.627. The molecule has 2 aliphatic heterocycles. The molecule has 0 aliphatic carbocycles. The monoisotopic (exact) mass is 409 g/mol. The maximum absolute atomic E-state index is 13.3. The molecular formula is C21H23N5O4. The molecule has 0 saturated carbocycles. The van der Waals surface area contributed by atoms with Crippen molar-refractivity contribution < 1.29 is 19.5 Å². The highest BCUT2D eigenvalue weighted by atomic mass is 16.3. The number of β-amino-alcohol motifs (C(OH)–C–C–N with tert-alkyl or cyclic N) is 1. The summed E-state index contributed by atoms with van der Waals surface area (Å²) in [6, 6.07) is 12.3. The molecule has 0 radical (unpaired) electrons. The second-order valence-corrected chi connectivity index (χ2v) is 7.47. The molecule has 4 amide bonds. The minimum Gasteiger partial charge on any atom is -0.395 e. The first kappa shape index (κ1) is 20.0. The van der Waals surface area contributed by atoms with E-state index in [0.29, 0.717) is 32.5 Å². The Morgan fingerprint density at radius 1 is 1.07 bits per heavy atom. The summed E-state index contributed by atoms with van der Waals surface area (Å²) < 4.78 is 0. The van der Waals surface area contributed by atoms with E-state index in [0.717, 1.165) is 10.5 Å². The fourth-order valence-electron chi connectivity index (χ4n) is 4.21. The summed E-state index contributed by atoms with van der Waals surface area (Å²) in [6.07, 6.45) is 2.17. The highest BCUT2D eigenvalue weighted by Gasteiger charge is 2.58. The number of carbonyl (C=O) groups is 3. The molecule has 9 heteroatoms. The van der Waals surface area contributed by atoms with Gasteiger partial charge in [-0.25, -0.2) is 4.79 Å². The van der Waals surface area contributed by atoms with E-state index in [1.165, 1.54) is 6.20 Å². The van der Waals surface area contributed by atoms with E-state index in [2.05, 4.69) is 10.2 Å². The molecule has 4 rings (SSSR count). The topological polar surface area (TPSA) is 107 Å². The molecule has 2 fully saturated rings. The Balaban J connectivity index is 1.57. The average Bonchev–Trinajstić information content (AvgIpc) is 2.97. The zero-order chi connectivity index (χ0) is 21.1. The van der Waals surface area contributed by atoms with Crippen LogP contribution in [-0.4, -0.2) is 79.6 Å². The van der Waals surface area contributed by atoms with Gasteiger partial charge in [-0.15, -0.1) is 5.10 Å². The van der Waals surface area contributed by atoms with Crippen LogP contribution < -0.4 is 0 Å². The van der Waals surface area contributed by atoms with Gasteiger partial charge in [-0.3, -0.25) is 14.5 Å². The summed E-state index contributed by atoms with van der Waals surface area (Å²) in [5, 5.41) is 17.0. The zero-order valence-corrected chi connectivity index (χ0v) is 16.5. The van der Waals surface area contributed by atoms with Crippen molar-refractivity contribution in [3.05, 3.63) is 59.9 Å². The SMILES string of the molecule is O=C(c1cccnn1)N1CCC2(CC1)C(=O)N(CCO)C(=O)N2Cc1ccccc1. The first-order chi connectivity index (χ1) is 14.6. The van der Waals surface area contributed by atoms with Gasteiger partial charge in [0.2, 0.25) is 0 Å². The zero-order valence-electron chi connectivity index (χ0n) is 16.5. The van der Waals surface area contributed by atoms with Gasteiger partial charge in [0, 0.05) is 25.8 Å². The van der Waals surface area contributed by atoms with Crippen molar-refractivity contribution in [2.24, 2.45) is 0 Å². The van der Waals surface area contributed by atoms with E-state index in [4.69, 9.17) is 0 Å². The number of rotatable bonds is 5. The van der Waals surface area contributed by atoms with Crippen LogP contribution in [-0.2, 0) is 11.3 Å². The van der Waals surface area contributed by atoms with E-state index in [1.54, 1.807) is 21.9 Å². The van der Waals surface area contributed by atoms with Gasteiger partial charge in [0.05, 0.1) is 13.2 Å². The molecule has 2 saturated heterocycles. The molecule has 0 atom stereocenters. The van der Waals surface area contributed by atoms with E-state index >= 15 is 0 Å². The predicted molar refractivity (Wildman–Crippen MR) is 106 cm³/mol. The van der Waals surface area contributed by atoms with Crippen molar-refractivity contribution in [2.45, 2.75) is 24.9 Å². The largest absolute Gasteiger partial charge is 0.395 e. The Kier molecular flexibility index (Phi) is 5.45. The molecule has 9 nitrogen and oxygen atoms in total. The number of urea groups is 1. The van der Waals surface area contributed by atoms with Crippen LogP contribution in [0.25, 0.3) is 0 Å². The number of carbonyl (C=O) groups excluding carboxylic acids is 3. The molecule has 1 N–H and O–H groups in total. The molecule has 0 bridgehead atoms. The van der Waals surface area contributed by atoms with E-state index < -0.39 is 11.6 Å². The van der Waals surface area contributed by atoms with Crippen LogP contribution in [0, 0.1) is 0 Å². The highest BCUT2D eigenvalue weighted by molar-refractivity contribution is 6.07. The molecule has 1 spiro atoms. The van der Waals surface area contributed by atoms with Crippen molar-refractivity contribution in [2.75, 3.05) is 26.2 Å². The summed E-state index contributed by atoms with van der Waals surface area (Å²) in [5.74, 6) is -0.541. The van der Waals surface area contributed by atoms with Gasteiger partial charge in [0.1, 0.15) is 5.54 Å². The van der Waals surface area contributed by atoms with Crippen LogP contribution in [0.1, 0.15) is 28.9 Å². The van der Waals surface area contributed by atoms with Crippen LogP contribution in [0.15, 0.2) is 48.7 Å². The first-order valence-corrected chi connectivity index (χ1v) is 9.92. The molecule has 156 valence electrons. The Morgan fingerprint density at radius 3 is 2.43 bits per heavy atom. The number of benzene rings is 1. The Morgan fingerprint density at radius 2 is 1.80 bits per heavy atom. The standard InChI is InChI=1S/C21H23N5O4/c27-14-13-25-19(29)21(26(20(25)30)15-16-5-2-1-3-6-16)8-11-24(12-9-21)18(28)17-7-4-10-22-23-17/h1-7,10,27H,8-9,11-15H2. The van der Waals surface area contributed by atoms with Crippen LogP contribution >= 0.6 is 0 Å². The second-order valence-electron chi connectivity index (χ2n) is 7.47. The summed E-state index contributed by atoms with van der Waals surface area (Å²) >= 11 is 0. The number of aromatic nitrogens is 2. The van der Waals surface area contributed by atoms with Crippen LogP contribution in [0.2, 0.25) is 0 Å². The molecule has 2 aromatic rings. The summed E-state index contributed by atoms with van der Waals surface area (Å²) in [4.78, 5) is 43.4. The third kappa shape index (κ3) is 3.41. The highest BCUT2D eigenvalue weighted by Crippen LogP contribution is 2.38. The number of amides is 4. The minimum atomic E-state index is -1.01. The van der Waals surface area contributed by atoms with Gasteiger partial charge in [-0.2, -0.15) is 5.10 Å². The average molecular weight is 409 g/mol. The van der Waals surface area contributed by atoms with Crippen LogP contribution in [0.3, 0.4) is 0 Å². The van der Waals surface area contributed by atoms with Gasteiger partial charge in [-0.1, -0.05) is 30.3 Å². The maximum Gasteiger partial charge on any atom is 0.328 e. The van der Waals surface area contributed by atoms with Gasteiger partial charge in [0.25, 0.3) is 11.8 Å². The van der Waals surface area contributed by atoms with E-state index in [1.807, 2.05) is 30.3 Å². The van der Waals surface area contributed by atoms with Crippen molar-refractivity contribution in [3.8, 4) is 0 Å². The van der Waals surface area contributed by atoms with Gasteiger partial charge < -0.3 is 14.9 Å². The van der Waals surface area contributed by atoms with Gasteiger partial charge in [-0.05, 0) is 30.5 Å². The number of piperidine rings is 1. The quantitative estimate of drug-likeness (QED) is 0.736. The molecule has 1 aromatic heterocycles. The summed E-state index contributed by atoms with van der Waals surface area (Å²) in [5.41, 5.74) is 0.161. The number of likely N-dealkylation sites (tertiary alicyclic amines) is 1. The Bertz CT molecular complexity index is 929. The van der Waals surface area contributed by atoms with Crippen LogP contribution in [0.4, 0.5) is 4.79 Å². The normalized spacial score (nSPS) is 18.4. The van der Waals surface area contributed by atoms with Crippen molar-refractivity contribution in [1.29, 1.82) is 0 Å². The molecule has 1 aromatic carbocycles. The van der Waals surface area contributed by atoms with Crippen molar-refractivity contribution >= 4 is 17.8 Å². The Hall–Kier alpha value is -3.33. The number of aliphatic hydroxyl groups excluding tert-OH is 1. The molecule has 3 heterocycles. The third-order valence-electron chi connectivity index (χ3n) is 5.80. The molecule has 30 heavy (non-hydrogen) atoms. The van der Waals surface area contributed by atoms with Gasteiger partial charge in [0.15, 0.2) is 5.69 Å². The number of imide groups is 1. The van der Waals surface area contributed by atoms with Crippen LogP contribution in [0.5, 0.6) is 0 Å². The van der Waals surface area contributed by atoms with E-state index in [-0.39, 0.29) is 30.7 Å². The number of nitrogens with zero attached hydrogens (tertiary/aromatic N) is 5. The maximum atomic E-state index is 13.3. The Labute approximate surface area is 173 Å². The summed E-state index contributed by atoms with van der Waals surface area (Å²) in [7, 11) is 0. The first-order valence-electron chi connectivity index (χ1n) is 9.92. The smallest absolute Gasteiger partial charge is 0.328 e. The minimum absolute atomic E-state index is 0.0348.